The molecule has 2 aromatic rings. The number of amides is 4. The van der Waals surface area contributed by atoms with Crippen molar-refractivity contribution in [1.29, 1.82) is 0 Å². The van der Waals surface area contributed by atoms with Crippen LogP contribution in [0.3, 0.4) is 0 Å². The highest BCUT2D eigenvalue weighted by Crippen LogP contribution is 2.33. The molecule has 0 saturated heterocycles. The minimum Gasteiger partial charge on any atom is -0.478 e. The van der Waals surface area contributed by atoms with Crippen LogP contribution < -0.4 is 15.0 Å². The summed E-state index contributed by atoms with van der Waals surface area (Å²) in [5, 5.41) is 2.65. The third-order valence-corrected chi connectivity index (χ3v) is 5.01. The molecule has 0 radical (unpaired) electrons. The van der Waals surface area contributed by atoms with Gasteiger partial charge in [-0.2, -0.15) is 0 Å². The van der Waals surface area contributed by atoms with Gasteiger partial charge in [-0.05, 0) is 24.3 Å². The highest BCUT2D eigenvalue weighted by atomic mass is 16.5. The Morgan fingerprint density at radius 2 is 1.62 bits per heavy atom. The molecule has 0 fully saturated rings. The topological polar surface area (TPSA) is 96.0 Å². The van der Waals surface area contributed by atoms with E-state index in [1.165, 1.54) is 4.90 Å². The summed E-state index contributed by atoms with van der Waals surface area (Å²) < 4.78 is 5.75. The lowest BCUT2D eigenvalue weighted by atomic mass is 10.1. The van der Waals surface area contributed by atoms with Crippen LogP contribution in [-0.4, -0.2) is 54.8 Å². The summed E-state index contributed by atoms with van der Waals surface area (Å²) in [4.78, 5) is 51.8. The first-order chi connectivity index (χ1) is 14.0. The van der Waals surface area contributed by atoms with E-state index in [-0.39, 0.29) is 25.4 Å². The molecule has 2 aliphatic rings. The van der Waals surface area contributed by atoms with E-state index in [0.717, 1.165) is 4.90 Å². The maximum absolute atomic E-state index is 12.4. The number of hydrogen-bond donors (Lipinski definition) is 1. The van der Waals surface area contributed by atoms with Crippen molar-refractivity contribution in [2.45, 2.75) is 12.5 Å². The number of rotatable bonds is 5. The van der Waals surface area contributed by atoms with E-state index in [9.17, 15) is 19.2 Å². The number of imide groups is 1. The van der Waals surface area contributed by atoms with Crippen LogP contribution in [0, 0.1) is 0 Å². The van der Waals surface area contributed by atoms with Gasteiger partial charge in [0.25, 0.3) is 17.7 Å². The molecule has 0 spiro atoms. The Morgan fingerprint density at radius 3 is 2.31 bits per heavy atom. The Morgan fingerprint density at radius 1 is 1.00 bits per heavy atom. The predicted molar refractivity (Wildman–Crippen MR) is 104 cm³/mol. The molecule has 4 rings (SSSR count). The summed E-state index contributed by atoms with van der Waals surface area (Å²) in [6, 6.07) is 13.7. The number of nitrogens with zero attached hydrogens (tertiary/aromatic N) is 2. The zero-order valence-corrected chi connectivity index (χ0v) is 15.8. The summed E-state index contributed by atoms with van der Waals surface area (Å²) in [5.41, 5.74) is 1.30. The fourth-order valence-electron chi connectivity index (χ4n) is 3.48. The van der Waals surface area contributed by atoms with Crippen molar-refractivity contribution in [3.63, 3.8) is 0 Å². The molecule has 2 aliphatic heterocycles. The van der Waals surface area contributed by atoms with Crippen LogP contribution in [-0.2, 0) is 9.59 Å². The van der Waals surface area contributed by atoms with Gasteiger partial charge in [0, 0.05) is 20.0 Å². The normalized spacial score (nSPS) is 17.7. The molecule has 1 atom stereocenters. The van der Waals surface area contributed by atoms with Gasteiger partial charge in [0.1, 0.15) is 12.3 Å². The van der Waals surface area contributed by atoms with Crippen molar-refractivity contribution in [2.24, 2.45) is 0 Å². The van der Waals surface area contributed by atoms with Gasteiger partial charge in [0.15, 0.2) is 6.10 Å². The zero-order valence-electron chi connectivity index (χ0n) is 15.8. The highest BCUT2D eigenvalue weighted by Gasteiger charge is 2.36. The van der Waals surface area contributed by atoms with Gasteiger partial charge in [-0.25, -0.2) is 0 Å². The first kappa shape index (κ1) is 18.7. The van der Waals surface area contributed by atoms with Gasteiger partial charge in [0.05, 0.1) is 16.8 Å². The molecule has 8 heteroatoms. The third-order valence-electron chi connectivity index (χ3n) is 5.01. The molecule has 8 nitrogen and oxygen atoms in total. The third kappa shape index (κ3) is 3.33. The summed E-state index contributed by atoms with van der Waals surface area (Å²) in [7, 11) is 1.68. The summed E-state index contributed by atoms with van der Waals surface area (Å²) in [6.07, 6.45) is -0.444. The average molecular weight is 393 g/mol. The van der Waals surface area contributed by atoms with Crippen molar-refractivity contribution in [3.05, 3.63) is 59.7 Å². The molecular weight excluding hydrogens is 374 g/mol. The second-order valence-corrected chi connectivity index (χ2v) is 6.85. The van der Waals surface area contributed by atoms with Gasteiger partial charge in [-0.3, -0.25) is 24.1 Å². The van der Waals surface area contributed by atoms with Gasteiger partial charge in [0.2, 0.25) is 5.91 Å². The van der Waals surface area contributed by atoms with Crippen molar-refractivity contribution >= 4 is 29.3 Å². The number of benzene rings is 2. The van der Waals surface area contributed by atoms with Crippen molar-refractivity contribution in [1.82, 2.24) is 10.2 Å². The number of likely N-dealkylation sites (N-methyl/N-ethyl adjacent to an activating group) is 1. The Hall–Kier alpha value is -3.68. The number of hydrogen-bond acceptors (Lipinski definition) is 5. The first-order valence-electron chi connectivity index (χ1n) is 9.22. The minimum atomic E-state index is -0.713. The maximum Gasteiger partial charge on any atom is 0.267 e. The smallest absolute Gasteiger partial charge is 0.267 e. The zero-order chi connectivity index (χ0) is 20.5. The molecule has 4 amide bonds. The number of carbonyl (C=O) groups excluding carboxylic acids is 4. The highest BCUT2D eigenvalue weighted by molar-refractivity contribution is 6.22. The van der Waals surface area contributed by atoms with Crippen LogP contribution in [0.15, 0.2) is 48.5 Å². The number of carbonyl (C=O) groups is 4. The molecule has 0 bridgehead atoms. The molecule has 0 aromatic heterocycles. The summed E-state index contributed by atoms with van der Waals surface area (Å²) >= 11 is 0. The van der Waals surface area contributed by atoms with Crippen LogP contribution in [0.1, 0.15) is 27.1 Å². The molecule has 29 heavy (non-hydrogen) atoms. The second kappa shape index (κ2) is 7.38. The Bertz CT molecular complexity index is 984. The van der Waals surface area contributed by atoms with Crippen LogP contribution >= 0.6 is 0 Å². The van der Waals surface area contributed by atoms with Crippen LogP contribution in [0.25, 0.3) is 0 Å². The van der Waals surface area contributed by atoms with E-state index < -0.39 is 23.8 Å². The van der Waals surface area contributed by atoms with Crippen LogP contribution in [0.5, 0.6) is 5.75 Å². The lowest BCUT2D eigenvalue weighted by Gasteiger charge is -2.31. The summed E-state index contributed by atoms with van der Waals surface area (Å²) in [5.74, 6) is -1.03. The molecule has 2 heterocycles. The van der Waals surface area contributed by atoms with Crippen molar-refractivity contribution in [2.75, 3.05) is 25.0 Å². The monoisotopic (exact) mass is 393 g/mol. The Kier molecular flexibility index (Phi) is 4.75. The van der Waals surface area contributed by atoms with Gasteiger partial charge < -0.3 is 15.0 Å². The Balaban J connectivity index is 1.32. The first-order valence-corrected chi connectivity index (χ1v) is 9.22. The molecule has 0 aliphatic carbocycles. The standard InChI is InChI=1S/C21H19N3O5/c1-23-15-8-4-5-9-16(15)29-17(21(23)28)10-11-22-18(25)12-24-19(26)13-6-2-3-7-14(13)20(24)27/h2-9,17H,10-12H2,1H3,(H,22,25). The van der Waals surface area contributed by atoms with Crippen LogP contribution in [0.4, 0.5) is 5.69 Å². The van der Waals surface area contributed by atoms with E-state index >= 15 is 0 Å². The van der Waals surface area contributed by atoms with E-state index in [0.29, 0.717) is 22.6 Å². The lowest BCUT2D eigenvalue weighted by Crippen LogP contribution is -2.46. The maximum atomic E-state index is 12.4. The molecule has 2 aromatic carbocycles. The average Bonchev–Trinajstić information content (AvgIpc) is 2.97. The van der Waals surface area contributed by atoms with E-state index in [1.807, 2.05) is 12.1 Å². The van der Waals surface area contributed by atoms with Gasteiger partial charge in [-0.15, -0.1) is 0 Å². The van der Waals surface area contributed by atoms with E-state index in [4.69, 9.17) is 4.74 Å². The largest absolute Gasteiger partial charge is 0.478 e. The van der Waals surface area contributed by atoms with E-state index in [1.54, 1.807) is 43.4 Å². The Labute approximate surface area is 167 Å². The van der Waals surface area contributed by atoms with Gasteiger partial charge in [-0.1, -0.05) is 24.3 Å². The lowest BCUT2D eigenvalue weighted by molar-refractivity contribution is -0.127. The molecule has 148 valence electrons. The quantitative estimate of drug-likeness (QED) is 0.771. The minimum absolute atomic E-state index is 0.175. The SMILES string of the molecule is CN1C(=O)C(CCNC(=O)CN2C(=O)c3ccccc3C2=O)Oc2ccccc21. The van der Waals surface area contributed by atoms with E-state index in [2.05, 4.69) is 5.32 Å². The van der Waals surface area contributed by atoms with Crippen molar-refractivity contribution < 1.29 is 23.9 Å². The second-order valence-electron chi connectivity index (χ2n) is 6.85. The summed E-state index contributed by atoms with van der Waals surface area (Å²) in [6.45, 7) is -0.191. The number of ether oxygens (including phenoxy) is 1. The number of anilines is 1. The molecule has 1 N–H and O–H groups in total. The van der Waals surface area contributed by atoms with Gasteiger partial charge >= 0.3 is 0 Å². The predicted octanol–water partition coefficient (Wildman–Crippen LogP) is 1.21. The fourth-order valence-corrected chi connectivity index (χ4v) is 3.48. The van der Waals surface area contributed by atoms with Crippen molar-refractivity contribution in [3.8, 4) is 5.75 Å². The fraction of sp³-hybridized carbons (Fsp3) is 0.238. The molecule has 0 saturated carbocycles. The molecular formula is C21H19N3O5. The number of fused-ring (bicyclic) bond motifs is 2. The number of nitrogens with one attached hydrogen (secondary N) is 1. The number of para-hydroxylation sites is 2. The molecule has 1 unspecified atom stereocenters. The van der Waals surface area contributed by atoms with Crippen LogP contribution in [0.2, 0.25) is 0 Å².